The van der Waals surface area contributed by atoms with E-state index in [1.54, 1.807) is 0 Å². The zero-order chi connectivity index (χ0) is 15.7. The summed E-state index contributed by atoms with van der Waals surface area (Å²) >= 11 is 2.94. The van der Waals surface area contributed by atoms with Crippen LogP contribution in [0.4, 0.5) is 0 Å². The maximum absolute atomic E-state index is 7.50. The molecule has 0 saturated heterocycles. The van der Waals surface area contributed by atoms with E-state index < -0.39 is 0 Å². The molecule has 0 unspecified atom stereocenters. The van der Waals surface area contributed by atoms with Crippen molar-refractivity contribution in [3.63, 3.8) is 0 Å². The molecule has 92 valence electrons. The third kappa shape index (κ3) is 93.5. The van der Waals surface area contributed by atoms with Crippen LogP contribution in [0.2, 0.25) is 0 Å². The molecule has 0 radical (unpaired) electrons. The van der Waals surface area contributed by atoms with Gasteiger partial charge in [0.05, 0.1) is 0 Å². The fourth-order valence-corrected chi connectivity index (χ4v) is 1.65. The van der Waals surface area contributed by atoms with Crippen LogP contribution in [-0.4, -0.2) is 17.8 Å². The van der Waals surface area contributed by atoms with Gasteiger partial charge in [-0.05, 0) is 0 Å². The molecule has 0 aliphatic heterocycles. The van der Waals surface area contributed by atoms with Gasteiger partial charge in [-0.2, -0.15) is 0 Å². The zero-order valence-corrected chi connectivity index (χ0v) is 11.4. The molecule has 6 nitrogen and oxygen atoms in total. The van der Waals surface area contributed by atoms with E-state index in [0.717, 1.165) is 13.1 Å². The summed E-state index contributed by atoms with van der Waals surface area (Å²) in [5, 5.41) is 0. The van der Waals surface area contributed by atoms with Gasteiger partial charge in [-0.15, -0.1) is 0 Å². The van der Waals surface area contributed by atoms with Crippen LogP contribution in [0.25, 0.3) is 0 Å². The van der Waals surface area contributed by atoms with Gasteiger partial charge < -0.3 is 0 Å². The van der Waals surface area contributed by atoms with Gasteiger partial charge in [-0.25, -0.2) is 0 Å². The van der Waals surface area contributed by atoms with E-state index in [1.807, 2.05) is 0 Å². The fraction of sp³-hybridized carbons (Fsp3) is 0.444. The Kier molecular flexibility index (Phi) is 228. The first kappa shape index (κ1) is 36.0. The second-order valence-corrected chi connectivity index (χ2v) is 2.71. The van der Waals surface area contributed by atoms with Crippen LogP contribution in [0.3, 0.4) is 0 Å². The van der Waals surface area contributed by atoms with Crippen molar-refractivity contribution >= 4 is 6.93 Å². The minimum absolute atomic E-state index is 1.14. The monoisotopic (exact) mass is 295 g/mol. The Morgan fingerprint density at radius 1 is 0.765 bits per heavy atom. The van der Waals surface area contributed by atoms with Crippen LogP contribution in [0.5, 0.6) is 0 Å². The van der Waals surface area contributed by atoms with Crippen molar-refractivity contribution in [1.29, 1.82) is 0 Å². The average molecular weight is 295 g/mol. The maximum atomic E-state index is 7.50. The summed E-state index contributed by atoms with van der Waals surface area (Å²) in [6, 6.07) is 0. The summed E-state index contributed by atoms with van der Waals surface area (Å²) in [6.07, 6.45) is 0. The normalized spacial score (nSPS) is 5.00. The molecular formula is C9H10CrNO5P. The van der Waals surface area contributed by atoms with Gasteiger partial charge in [0.15, 0.2) is 0 Å². The SMILES string of the molecule is CCN(CC)[P]=[Cr].[C-]#[O+].[C-]#[O+].[C-]#[O+].[C-]#[O+].[C-]#[O+]. The Hall–Kier alpha value is -0.508. The van der Waals surface area contributed by atoms with Gasteiger partial charge >= 0.3 is 110 Å². The molecule has 0 heterocycles. The molecular weight excluding hydrogens is 285 g/mol. The molecule has 0 atom stereocenters. The van der Waals surface area contributed by atoms with E-state index >= 15 is 0 Å². The molecule has 0 rings (SSSR count). The van der Waals surface area contributed by atoms with Crippen molar-refractivity contribution in [2.24, 2.45) is 0 Å². The van der Waals surface area contributed by atoms with Crippen LogP contribution < -0.4 is 0 Å². The van der Waals surface area contributed by atoms with Crippen LogP contribution in [-0.2, 0) is 38.6 Å². The van der Waals surface area contributed by atoms with Crippen LogP contribution >= 0.6 is 6.93 Å². The summed E-state index contributed by atoms with van der Waals surface area (Å²) in [6.45, 7) is 30.4. The number of hydrogen-bond acceptors (Lipinski definition) is 1. The van der Waals surface area contributed by atoms with Gasteiger partial charge in [0.25, 0.3) is 0 Å². The van der Waals surface area contributed by atoms with Crippen molar-refractivity contribution in [3.05, 3.63) is 33.3 Å². The quantitative estimate of drug-likeness (QED) is 0.439. The van der Waals surface area contributed by atoms with Crippen LogP contribution in [0.15, 0.2) is 0 Å². The van der Waals surface area contributed by atoms with Gasteiger partial charge in [-0.3, -0.25) is 0 Å². The molecule has 17 heavy (non-hydrogen) atoms. The molecule has 0 saturated carbocycles. The molecule has 0 spiro atoms. The minimum atomic E-state index is 1.14. The topological polar surface area (TPSA) is 103 Å². The van der Waals surface area contributed by atoms with Crippen molar-refractivity contribution in [3.8, 4) is 0 Å². The molecule has 0 aromatic carbocycles. The van der Waals surface area contributed by atoms with E-state index in [1.165, 1.54) is 6.93 Å². The predicted molar refractivity (Wildman–Crippen MR) is 49.5 cm³/mol. The van der Waals surface area contributed by atoms with Gasteiger partial charge in [0.2, 0.25) is 0 Å². The molecule has 0 N–H and O–H groups in total. The Morgan fingerprint density at radius 2 is 0.941 bits per heavy atom. The molecule has 0 aromatic heterocycles. The molecule has 0 aliphatic carbocycles. The summed E-state index contributed by atoms with van der Waals surface area (Å²) < 4.78 is 39.8. The number of hydrogen-bond donors (Lipinski definition) is 0. The third-order valence-electron chi connectivity index (χ3n) is 0.846. The molecule has 0 fully saturated rings. The Balaban J connectivity index is -0.0000000257. The summed E-state index contributed by atoms with van der Waals surface area (Å²) in [5.41, 5.74) is 0. The van der Waals surface area contributed by atoms with Crippen molar-refractivity contribution in [2.75, 3.05) is 13.1 Å². The molecule has 0 aliphatic rings. The van der Waals surface area contributed by atoms with E-state index in [2.05, 4.69) is 67.1 Å². The summed E-state index contributed by atoms with van der Waals surface area (Å²) in [5.74, 6) is 0. The first-order chi connectivity index (χ1) is 8.35. The predicted octanol–water partition coefficient (Wildman–Crippen LogP) is 1.46. The number of nitrogens with zero attached hydrogens (tertiary/aromatic N) is 1. The van der Waals surface area contributed by atoms with E-state index in [9.17, 15) is 0 Å². The Labute approximate surface area is 111 Å². The fourth-order valence-electron chi connectivity index (χ4n) is 0.339. The molecule has 0 aromatic rings. The second kappa shape index (κ2) is 108. The second-order valence-electron chi connectivity index (χ2n) is 1.22. The van der Waals surface area contributed by atoms with Crippen molar-refractivity contribution in [1.82, 2.24) is 4.67 Å². The van der Waals surface area contributed by atoms with Crippen molar-refractivity contribution in [2.45, 2.75) is 13.8 Å². The van der Waals surface area contributed by atoms with E-state index in [4.69, 9.17) is 23.3 Å². The third-order valence-corrected chi connectivity index (χ3v) is 2.72. The van der Waals surface area contributed by atoms with Crippen LogP contribution in [0, 0.1) is 33.3 Å². The van der Waals surface area contributed by atoms with Gasteiger partial charge in [0.1, 0.15) is 0 Å². The Morgan fingerprint density at radius 3 is 0.941 bits per heavy atom. The molecule has 8 heteroatoms. The Bertz CT molecular complexity index is 173. The average Bonchev–Trinajstić information content (AvgIpc) is 2.51. The standard InChI is InChI=1S/C4H10NP.5CO.Cr/c1-3-5(6)4-2;5*1-2;/h3-4H2,1-2H3;;;;;;. The van der Waals surface area contributed by atoms with Crippen molar-refractivity contribution < 1.29 is 38.6 Å². The van der Waals surface area contributed by atoms with Crippen LogP contribution in [0.1, 0.15) is 13.8 Å². The molecule has 0 amide bonds. The summed E-state index contributed by atoms with van der Waals surface area (Å²) in [4.78, 5) is 0. The zero-order valence-electron chi connectivity index (χ0n) is 9.26. The van der Waals surface area contributed by atoms with E-state index in [0.29, 0.717) is 0 Å². The van der Waals surface area contributed by atoms with Gasteiger partial charge in [0, 0.05) is 0 Å². The number of rotatable bonds is 3. The summed E-state index contributed by atoms with van der Waals surface area (Å²) in [7, 11) is 0. The van der Waals surface area contributed by atoms with E-state index in [-0.39, 0.29) is 0 Å². The first-order valence-corrected chi connectivity index (χ1v) is 5.93. The molecule has 0 bridgehead atoms. The first-order valence-electron chi connectivity index (χ1n) is 3.45. The van der Waals surface area contributed by atoms with Gasteiger partial charge in [-0.1, -0.05) is 0 Å².